The molecule has 27 heavy (non-hydrogen) atoms. The van der Waals surface area contributed by atoms with E-state index in [9.17, 15) is 65.9 Å². The van der Waals surface area contributed by atoms with Crippen LogP contribution in [0.15, 0.2) is 17.5 Å². The van der Waals surface area contributed by atoms with Crippen LogP contribution in [0.1, 0.15) is 4.88 Å². The third-order valence-corrected chi connectivity index (χ3v) is 4.10. The van der Waals surface area contributed by atoms with Crippen LogP contribution < -0.4 is 0 Å². The summed E-state index contributed by atoms with van der Waals surface area (Å²) in [6.07, 6.45) is -7.60. The van der Waals surface area contributed by atoms with Gasteiger partial charge in [0.25, 0.3) is 0 Å². The van der Waals surface area contributed by atoms with Gasteiger partial charge in [-0.2, -0.15) is 65.9 Å². The molecule has 16 heteroatoms. The molecule has 0 atom stereocenters. The van der Waals surface area contributed by atoms with Crippen molar-refractivity contribution < 1.29 is 65.9 Å². The Hall–Kier alpha value is -1.35. The Kier molecular flexibility index (Phi) is 5.33. The van der Waals surface area contributed by atoms with E-state index in [0.717, 1.165) is 0 Å². The predicted octanol–water partition coefficient (Wildman–Crippen LogP) is 6.58. The van der Waals surface area contributed by atoms with E-state index in [-0.39, 0.29) is 6.07 Å². The quantitative estimate of drug-likeness (QED) is 0.428. The highest BCUT2D eigenvalue weighted by atomic mass is 32.1. The van der Waals surface area contributed by atoms with Crippen LogP contribution in [0.25, 0.3) is 0 Å². The molecule has 0 aliphatic heterocycles. The van der Waals surface area contributed by atoms with Crippen molar-refractivity contribution in [3.05, 3.63) is 22.4 Å². The van der Waals surface area contributed by atoms with Crippen molar-refractivity contribution in [2.45, 2.75) is 41.7 Å². The molecule has 0 bridgehead atoms. The molecule has 0 radical (unpaired) electrons. The summed E-state index contributed by atoms with van der Waals surface area (Å²) in [5, 5.41) is 0.558. The summed E-state index contributed by atoms with van der Waals surface area (Å²) in [4.78, 5) is -2.06. The normalized spacial score (nSPS) is 16.0. The van der Waals surface area contributed by atoms with Gasteiger partial charge in [0, 0.05) is 0 Å². The molecule has 1 aromatic rings. The Morgan fingerprint density at radius 2 is 0.889 bits per heavy atom. The Morgan fingerprint density at radius 1 is 0.519 bits per heavy atom. The lowest BCUT2D eigenvalue weighted by atomic mass is 9.90. The number of rotatable bonds is 6. The smallest absolute Gasteiger partial charge is 0.193 e. The van der Waals surface area contributed by atoms with Crippen LogP contribution in [0.5, 0.6) is 0 Å². The van der Waals surface area contributed by atoms with E-state index in [0.29, 0.717) is 11.4 Å². The second-order valence-corrected chi connectivity index (χ2v) is 5.87. The molecule has 0 saturated heterocycles. The molecule has 0 aromatic carbocycles. The van der Waals surface area contributed by atoms with Crippen molar-refractivity contribution in [1.82, 2.24) is 0 Å². The van der Waals surface area contributed by atoms with E-state index < -0.39 is 57.9 Å². The van der Waals surface area contributed by atoms with Crippen LogP contribution in [-0.2, 0) is 5.92 Å². The average molecular weight is 452 g/mol. The van der Waals surface area contributed by atoms with Crippen molar-refractivity contribution in [3.8, 4) is 0 Å². The Balaban J connectivity index is 3.60. The minimum atomic E-state index is -8.25. The minimum absolute atomic E-state index is 0.00470. The molecule has 0 aliphatic carbocycles. The van der Waals surface area contributed by atoms with E-state index >= 15 is 0 Å². The van der Waals surface area contributed by atoms with Crippen LogP contribution in [-0.4, -0.2) is 35.8 Å². The largest absolute Gasteiger partial charge is 0.460 e. The van der Waals surface area contributed by atoms with Crippen molar-refractivity contribution in [2.24, 2.45) is 0 Å². The topological polar surface area (TPSA) is 0 Å². The lowest BCUT2D eigenvalue weighted by Gasteiger charge is -2.41. The number of thiophene rings is 1. The molecule has 1 rings (SSSR count). The third-order valence-electron chi connectivity index (χ3n) is 3.16. The van der Waals surface area contributed by atoms with Gasteiger partial charge in [-0.25, -0.2) is 0 Å². The van der Waals surface area contributed by atoms with Gasteiger partial charge in [0.05, 0.1) is 4.88 Å². The van der Waals surface area contributed by atoms with E-state index in [4.69, 9.17) is 0 Å². The van der Waals surface area contributed by atoms with Crippen LogP contribution in [0, 0.1) is 0 Å². The first-order valence-electron chi connectivity index (χ1n) is 5.98. The van der Waals surface area contributed by atoms with Gasteiger partial charge in [-0.15, -0.1) is 11.3 Å². The zero-order valence-electron chi connectivity index (χ0n) is 11.8. The molecule has 1 aromatic heterocycles. The van der Waals surface area contributed by atoms with Crippen LogP contribution >= 0.6 is 11.3 Å². The van der Waals surface area contributed by atoms with Gasteiger partial charge in [0.15, 0.2) is 0 Å². The second-order valence-electron chi connectivity index (χ2n) is 4.92. The molecule has 0 aliphatic rings. The molecule has 1 heterocycles. The maximum atomic E-state index is 13.5. The van der Waals surface area contributed by atoms with Crippen molar-refractivity contribution >= 4 is 11.3 Å². The minimum Gasteiger partial charge on any atom is -0.193 e. The van der Waals surface area contributed by atoms with Gasteiger partial charge in [0.1, 0.15) is 0 Å². The van der Waals surface area contributed by atoms with Gasteiger partial charge in [-0.1, -0.05) is 6.07 Å². The fourth-order valence-electron chi connectivity index (χ4n) is 1.58. The highest BCUT2D eigenvalue weighted by molar-refractivity contribution is 7.10. The molecule has 0 N–H and O–H groups in total. The fourth-order valence-corrected chi connectivity index (χ4v) is 2.32. The fraction of sp³-hybridized carbons (Fsp3) is 0.636. The molecule has 0 spiro atoms. The first kappa shape index (κ1) is 23.7. The summed E-state index contributed by atoms with van der Waals surface area (Å²) in [6, 6.07) is 0.530. The monoisotopic (exact) mass is 452 g/mol. The van der Waals surface area contributed by atoms with Gasteiger partial charge in [-0.3, -0.25) is 0 Å². The highest BCUT2D eigenvalue weighted by Gasteiger charge is 2.93. The summed E-state index contributed by atoms with van der Waals surface area (Å²) in [5.41, 5.74) is 0. The second kappa shape index (κ2) is 6.07. The van der Waals surface area contributed by atoms with Crippen LogP contribution in [0.3, 0.4) is 0 Å². The number of halogens is 15. The van der Waals surface area contributed by atoms with Crippen molar-refractivity contribution in [1.29, 1.82) is 0 Å². The summed E-state index contributed by atoms with van der Waals surface area (Å²) in [5.74, 6) is -46.3. The van der Waals surface area contributed by atoms with Crippen molar-refractivity contribution in [2.75, 3.05) is 0 Å². The Bertz CT molecular complexity index is 654. The highest BCUT2D eigenvalue weighted by Crippen LogP contribution is 2.63. The summed E-state index contributed by atoms with van der Waals surface area (Å²) in [6.45, 7) is 0. The molecule has 158 valence electrons. The van der Waals surface area contributed by atoms with Gasteiger partial charge >= 0.3 is 41.7 Å². The maximum Gasteiger partial charge on any atom is 0.460 e. The van der Waals surface area contributed by atoms with E-state index in [1.807, 2.05) is 0 Å². The number of alkyl halides is 15. The van der Waals surface area contributed by atoms with Gasteiger partial charge in [0.2, 0.25) is 0 Å². The number of hydrogen-bond donors (Lipinski definition) is 0. The average Bonchev–Trinajstić information content (AvgIpc) is 2.99. The first-order valence-corrected chi connectivity index (χ1v) is 6.86. The third kappa shape index (κ3) is 2.93. The molecule has 0 unspecified atom stereocenters. The maximum absolute atomic E-state index is 13.5. The standard InChI is InChI=1S/C11H3F15S/c12-5(13,4-2-1-3-27-4)6(14,15)7(16,17)8(18,19)9(20,21)10(22,23)11(24,25)26/h1-3H. The summed E-state index contributed by atoms with van der Waals surface area (Å²) in [7, 11) is 0. The molecular formula is C11H3F15S. The summed E-state index contributed by atoms with van der Waals surface area (Å²) < 4.78 is 194. The van der Waals surface area contributed by atoms with E-state index in [2.05, 4.69) is 0 Å². The first-order chi connectivity index (χ1) is 11.6. The zero-order valence-corrected chi connectivity index (χ0v) is 12.6. The SMILES string of the molecule is FC(F)(F)C(F)(F)C(F)(F)C(F)(F)C(F)(F)C(F)(F)C(F)(F)c1cccs1. The van der Waals surface area contributed by atoms with Crippen LogP contribution in [0.2, 0.25) is 0 Å². The predicted molar refractivity (Wildman–Crippen MR) is 59.0 cm³/mol. The van der Waals surface area contributed by atoms with E-state index in [1.165, 1.54) is 0 Å². The van der Waals surface area contributed by atoms with Crippen molar-refractivity contribution in [3.63, 3.8) is 0 Å². The van der Waals surface area contributed by atoms with E-state index in [1.54, 1.807) is 0 Å². The lowest BCUT2D eigenvalue weighted by molar-refractivity contribution is -0.453. The Labute approximate surface area is 142 Å². The molecule has 0 amide bonds. The zero-order chi connectivity index (χ0) is 21.9. The van der Waals surface area contributed by atoms with Gasteiger partial charge < -0.3 is 0 Å². The summed E-state index contributed by atoms with van der Waals surface area (Å²) >= 11 is -0.423. The van der Waals surface area contributed by atoms with Gasteiger partial charge in [-0.05, 0) is 11.4 Å². The molecule has 0 nitrogen and oxygen atoms in total. The Morgan fingerprint density at radius 3 is 1.22 bits per heavy atom. The lowest BCUT2D eigenvalue weighted by Crippen LogP contribution is -2.72. The number of hydrogen-bond acceptors (Lipinski definition) is 1. The molecule has 0 saturated carbocycles. The molecular weight excluding hydrogens is 449 g/mol. The molecule has 0 fully saturated rings. The van der Waals surface area contributed by atoms with Crippen LogP contribution in [0.4, 0.5) is 65.9 Å².